The van der Waals surface area contributed by atoms with Crippen LogP contribution in [-0.2, 0) is 16.1 Å². The lowest BCUT2D eigenvalue weighted by Gasteiger charge is -2.20. The average molecular weight is 334 g/mol. The van der Waals surface area contributed by atoms with Gasteiger partial charge in [0, 0.05) is 25.1 Å². The maximum atomic E-state index is 14.6. The van der Waals surface area contributed by atoms with Gasteiger partial charge in [-0.3, -0.25) is 4.79 Å². The van der Waals surface area contributed by atoms with Crippen molar-refractivity contribution in [1.82, 2.24) is 0 Å². The van der Waals surface area contributed by atoms with Gasteiger partial charge in [-0.2, -0.15) is 0 Å². The number of nitrogens with zero attached hydrogens (tertiary/aromatic N) is 1. The Morgan fingerprint density at radius 1 is 1.26 bits per heavy atom. The highest BCUT2D eigenvalue weighted by Crippen LogP contribution is 2.33. The Balaban J connectivity index is 2.08. The molecule has 0 spiro atoms. The Labute approximate surface area is 139 Å². The van der Waals surface area contributed by atoms with E-state index < -0.39 is 5.82 Å². The van der Waals surface area contributed by atoms with Gasteiger partial charge in [-0.25, -0.2) is 4.39 Å². The predicted molar refractivity (Wildman–Crippen MR) is 89.1 cm³/mol. The van der Waals surface area contributed by atoms with Gasteiger partial charge in [-0.1, -0.05) is 23.7 Å². The summed E-state index contributed by atoms with van der Waals surface area (Å²) >= 11 is 5.92. The monoisotopic (exact) mass is 333 g/mol. The summed E-state index contributed by atoms with van der Waals surface area (Å²) in [5.41, 5.74) is 2.78. The minimum Gasteiger partial charge on any atom is -0.380 e. The lowest BCUT2D eigenvalue weighted by atomic mass is 9.98. The van der Waals surface area contributed by atoms with E-state index in [2.05, 4.69) is 0 Å². The molecule has 1 amide bonds. The smallest absolute Gasteiger partial charge is 0.227 e. The standard InChI is InChI=1S/C18H17ClFNO2/c1-23-11-13-9-17(21-8-2-3-18(21)22)16(20)10-15(13)12-4-6-14(19)7-5-12/h4-7,9-10H,2-3,8,11H2,1H3. The Morgan fingerprint density at radius 3 is 2.61 bits per heavy atom. The number of rotatable bonds is 4. The number of hydrogen-bond donors (Lipinski definition) is 0. The minimum atomic E-state index is -0.398. The molecule has 23 heavy (non-hydrogen) atoms. The average Bonchev–Trinajstić information content (AvgIpc) is 2.96. The largest absolute Gasteiger partial charge is 0.380 e. The fraction of sp³-hybridized carbons (Fsp3) is 0.278. The molecule has 0 bridgehead atoms. The molecule has 0 aromatic heterocycles. The first-order valence-electron chi connectivity index (χ1n) is 7.48. The van der Waals surface area contributed by atoms with Crippen LogP contribution < -0.4 is 4.90 Å². The molecular formula is C18H17ClFNO2. The normalized spacial score (nSPS) is 14.6. The molecule has 1 saturated heterocycles. The molecule has 0 unspecified atom stereocenters. The molecule has 2 aromatic carbocycles. The van der Waals surface area contributed by atoms with E-state index in [9.17, 15) is 9.18 Å². The molecule has 0 saturated carbocycles. The number of amides is 1. The van der Waals surface area contributed by atoms with E-state index in [1.165, 1.54) is 11.0 Å². The van der Waals surface area contributed by atoms with Gasteiger partial charge in [0.1, 0.15) is 5.82 Å². The van der Waals surface area contributed by atoms with E-state index in [0.717, 1.165) is 23.1 Å². The molecule has 1 heterocycles. The van der Waals surface area contributed by atoms with Crippen molar-refractivity contribution in [3.8, 4) is 11.1 Å². The van der Waals surface area contributed by atoms with Crippen molar-refractivity contribution < 1.29 is 13.9 Å². The molecule has 0 radical (unpaired) electrons. The van der Waals surface area contributed by atoms with Gasteiger partial charge in [-0.15, -0.1) is 0 Å². The summed E-state index contributed by atoms with van der Waals surface area (Å²) in [6.07, 6.45) is 1.23. The molecular weight excluding hydrogens is 317 g/mol. The number of carbonyl (C=O) groups is 1. The second kappa shape index (κ2) is 6.69. The lowest BCUT2D eigenvalue weighted by molar-refractivity contribution is -0.117. The first-order chi connectivity index (χ1) is 11.1. The van der Waals surface area contributed by atoms with Crippen LogP contribution in [0, 0.1) is 5.82 Å². The number of benzene rings is 2. The zero-order valence-corrected chi connectivity index (χ0v) is 13.6. The first-order valence-corrected chi connectivity index (χ1v) is 7.85. The van der Waals surface area contributed by atoms with E-state index in [0.29, 0.717) is 30.3 Å². The number of halogens is 2. The molecule has 0 atom stereocenters. The quantitative estimate of drug-likeness (QED) is 0.829. The zero-order valence-electron chi connectivity index (χ0n) is 12.8. The summed E-state index contributed by atoms with van der Waals surface area (Å²) in [6.45, 7) is 0.899. The van der Waals surface area contributed by atoms with Crippen molar-refractivity contribution >= 4 is 23.2 Å². The van der Waals surface area contributed by atoms with Crippen LogP contribution in [0.1, 0.15) is 18.4 Å². The van der Waals surface area contributed by atoms with Crippen LogP contribution in [0.15, 0.2) is 36.4 Å². The van der Waals surface area contributed by atoms with Gasteiger partial charge in [0.2, 0.25) is 5.91 Å². The van der Waals surface area contributed by atoms with E-state index in [1.54, 1.807) is 25.3 Å². The van der Waals surface area contributed by atoms with Crippen LogP contribution in [0.3, 0.4) is 0 Å². The number of methoxy groups -OCH3 is 1. The summed E-state index contributed by atoms with van der Waals surface area (Å²) in [4.78, 5) is 13.4. The SMILES string of the molecule is COCc1cc(N2CCCC2=O)c(F)cc1-c1ccc(Cl)cc1. The van der Waals surface area contributed by atoms with Crippen LogP contribution in [0.25, 0.3) is 11.1 Å². The molecule has 0 aliphatic carbocycles. The molecule has 120 valence electrons. The number of hydrogen-bond acceptors (Lipinski definition) is 2. The van der Waals surface area contributed by atoms with Crippen molar-refractivity contribution in [2.24, 2.45) is 0 Å². The summed E-state index contributed by atoms with van der Waals surface area (Å²) in [5.74, 6) is -0.434. The summed E-state index contributed by atoms with van der Waals surface area (Å²) in [7, 11) is 1.59. The molecule has 1 aliphatic heterocycles. The van der Waals surface area contributed by atoms with Crippen LogP contribution in [-0.4, -0.2) is 19.6 Å². The molecule has 0 N–H and O–H groups in total. The Bertz CT molecular complexity index is 731. The maximum Gasteiger partial charge on any atom is 0.227 e. The van der Waals surface area contributed by atoms with Crippen molar-refractivity contribution in [2.45, 2.75) is 19.4 Å². The van der Waals surface area contributed by atoms with E-state index in [1.807, 2.05) is 12.1 Å². The highest BCUT2D eigenvalue weighted by molar-refractivity contribution is 6.30. The fourth-order valence-electron chi connectivity index (χ4n) is 2.89. The van der Waals surface area contributed by atoms with Crippen molar-refractivity contribution in [3.05, 3.63) is 52.8 Å². The first kappa shape index (κ1) is 16.0. The Kier molecular flexibility index (Phi) is 4.64. The fourth-order valence-corrected chi connectivity index (χ4v) is 3.01. The van der Waals surface area contributed by atoms with E-state index in [4.69, 9.17) is 16.3 Å². The number of ether oxygens (including phenoxy) is 1. The van der Waals surface area contributed by atoms with Gasteiger partial charge in [0.25, 0.3) is 0 Å². The van der Waals surface area contributed by atoms with Gasteiger partial charge in [-0.05, 0) is 47.4 Å². The van der Waals surface area contributed by atoms with Gasteiger partial charge < -0.3 is 9.64 Å². The summed E-state index contributed by atoms with van der Waals surface area (Å²) in [6, 6.07) is 10.4. The zero-order chi connectivity index (χ0) is 16.4. The molecule has 3 rings (SSSR count). The van der Waals surface area contributed by atoms with Crippen molar-refractivity contribution in [2.75, 3.05) is 18.6 Å². The predicted octanol–water partition coefficient (Wildman–Crippen LogP) is 4.42. The second-order valence-electron chi connectivity index (χ2n) is 5.55. The van der Waals surface area contributed by atoms with Gasteiger partial charge >= 0.3 is 0 Å². The highest BCUT2D eigenvalue weighted by Gasteiger charge is 2.25. The number of anilines is 1. The van der Waals surface area contributed by atoms with Crippen LogP contribution >= 0.6 is 11.6 Å². The summed E-state index contributed by atoms with van der Waals surface area (Å²) in [5, 5.41) is 0.627. The maximum absolute atomic E-state index is 14.6. The van der Waals surface area contributed by atoms with Crippen molar-refractivity contribution in [3.63, 3.8) is 0 Å². The topological polar surface area (TPSA) is 29.5 Å². The van der Waals surface area contributed by atoms with Gasteiger partial charge in [0.15, 0.2) is 0 Å². The number of carbonyl (C=O) groups excluding carboxylic acids is 1. The van der Waals surface area contributed by atoms with E-state index >= 15 is 0 Å². The lowest BCUT2D eigenvalue weighted by Crippen LogP contribution is -2.25. The second-order valence-corrected chi connectivity index (χ2v) is 5.99. The van der Waals surface area contributed by atoms with Gasteiger partial charge in [0.05, 0.1) is 12.3 Å². The van der Waals surface area contributed by atoms with Crippen LogP contribution in [0.2, 0.25) is 5.02 Å². The highest BCUT2D eigenvalue weighted by atomic mass is 35.5. The Hall–Kier alpha value is -1.91. The summed E-state index contributed by atoms with van der Waals surface area (Å²) < 4.78 is 19.8. The van der Waals surface area contributed by atoms with Crippen molar-refractivity contribution in [1.29, 1.82) is 0 Å². The molecule has 3 nitrogen and oxygen atoms in total. The van der Waals surface area contributed by atoms with Crippen LogP contribution in [0.4, 0.5) is 10.1 Å². The third kappa shape index (κ3) is 3.23. The molecule has 5 heteroatoms. The van der Waals surface area contributed by atoms with E-state index in [-0.39, 0.29) is 5.91 Å². The third-order valence-electron chi connectivity index (χ3n) is 3.99. The minimum absolute atomic E-state index is 0.0356. The molecule has 1 fully saturated rings. The molecule has 1 aliphatic rings. The molecule has 2 aromatic rings. The Morgan fingerprint density at radius 2 is 2.00 bits per heavy atom. The third-order valence-corrected chi connectivity index (χ3v) is 4.24. The van der Waals surface area contributed by atoms with Crippen LogP contribution in [0.5, 0.6) is 0 Å².